The number of tetrazole rings is 1. The van der Waals surface area contributed by atoms with Gasteiger partial charge in [0.2, 0.25) is 11.7 Å². The first-order valence-electron chi connectivity index (χ1n) is 11.0. The molecule has 0 aliphatic carbocycles. The monoisotopic (exact) mass is 460 g/mol. The number of hydrogen-bond donors (Lipinski definition) is 1. The maximum atomic E-state index is 13.8. The van der Waals surface area contributed by atoms with Gasteiger partial charge in [-0.1, -0.05) is 43.7 Å². The van der Waals surface area contributed by atoms with Crippen LogP contribution in [0.3, 0.4) is 0 Å². The number of aromatic nitrogens is 4. The molecule has 0 aliphatic rings. The zero-order valence-corrected chi connectivity index (χ0v) is 18.5. The molecule has 1 amide bonds. The Labute approximate surface area is 190 Å². The van der Waals surface area contributed by atoms with Gasteiger partial charge in [-0.15, -0.1) is 10.2 Å². The molecule has 33 heavy (non-hydrogen) atoms. The van der Waals surface area contributed by atoms with Gasteiger partial charge in [0.25, 0.3) is 0 Å². The SMILES string of the molecule is CCCN(CCCCCn1nnc(-c2ccccc2)n1)CC(=O)Nc1ccc(F)c(F)c1F. The van der Waals surface area contributed by atoms with E-state index in [1.165, 1.54) is 0 Å². The summed E-state index contributed by atoms with van der Waals surface area (Å²) in [5.41, 5.74) is 0.547. The van der Waals surface area contributed by atoms with Gasteiger partial charge >= 0.3 is 0 Å². The van der Waals surface area contributed by atoms with E-state index in [1.807, 2.05) is 42.2 Å². The Hall–Kier alpha value is -3.27. The predicted octanol–water partition coefficient (Wildman–Crippen LogP) is 4.28. The number of carbonyl (C=O) groups excluding carboxylic acids is 1. The molecule has 0 aliphatic heterocycles. The molecule has 1 heterocycles. The second-order valence-corrected chi connectivity index (χ2v) is 7.68. The lowest BCUT2D eigenvalue weighted by Gasteiger charge is -2.21. The van der Waals surface area contributed by atoms with Gasteiger partial charge in [-0.05, 0) is 49.7 Å². The van der Waals surface area contributed by atoms with E-state index in [2.05, 4.69) is 20.7 Å². The summed E-state index contributed by atoms with van der Waals surface area (Å²) in [4.78, 5) is 15.8. The first-order chi connectivity index (χ1) is 16.0. The van der Waals surface area contributed by atoms with Crippen molar-refractivity contribution in [2.75, 3.05) is 25.0 Å². The summed E-state index contributed by atoms with van der Waals surface area (Å²) in [5.74, 6) is -4.18. The number of halogens is 3. The summed E-state index contributed by atoms with van der Waals surface area (Å²) in [6.07, 6.45) is 3.46. The molecule has 1 N–H and O–H groups in total. The number of unbranched alkanes of at least 4 members (excludes halogenated alkanes) is 2. The molecule has 3 aromatic rings. The van der Waals surface area contributed by atoms with Gasteiger partial charge in [0.15, 0.2) is 17.5 Å². The summed E-state index contributed by atoms with van der Waals surface area (Å²) in [5, 5.41) is 14.9. The van der Waals surface area contributed by atoms with E-state index in [0.717, 1.165) is 43.4 Å². The van der Waals surface area contributed by atoms with Crippen LogP contribution in [-0.2, 0) is 11.3 Å². The van der Waals surface area contributed by atoms with Crippen LogP contribution >= 0.6 is 0 Å². The van der Waals surface area contributed by atoms with E-state index >= 15 is 0 Å². The molecule has 0 unspecified atom stereocenters. The Morgan fingerprint density at radius 1 is 1.00 bits per heavy atom. The van der Waals surface area contributed by atoms with E-state index in [9.17, 15) is 18.0 Å². The predicted molar refractivity (Wildman–Crippen MR) is 119 cm³/mol. The van der Waals surface area contributed by atoms with Crippen molar-refractivity contribution in [3.8, 4) is 11.4 Å². The first kappa shape index (κ1) is 24.4. The van der Waals surface area contributed by atoms with Crippen molar-refractivity contribution in [3.63, 3.8) is 0 Å². The number of rotatable bonds is 12. The Bertz CT molecular complexity index is 1040. The molecular formula is C23H27F3N6O. The summed E-state index contributed by atoms with van der Waals surface area (Å²) in [6.45, 7) is 4.06. The highest BCUT2D eigenvalue weighted by Gasteiger charge is 2.16. The van der Waals surface area contributed by atoms with Crippen LogP contribution in [0.1, 0.15) is 32.6 Å². The maximum absolute atomic E-state index is 13.8. The number of carbonyl (C=O) groups is 1. The number of aryl methyl sites for hydroxylation is 1. The molecule has 0 spiro atoms. The molecule has 2 aromatic carbocycles. The number of hydrogen-bond acceptors (Lipinski definition) is 5. The third-order valence-corrected chi connectivity index (χ3v) is 5.03. The number of amides is 1. The fourth-order valence-corrected chi connectivity index (χ4v) is 3.41. The quantitative estimate of drug-likeness (QED) is 0.323. The molecule has 0 radical (unpaired) electrons. The lowest BCUT2D eigenvalue weighted by Crippen LogP contribution is -2.34. The van der Waals surface area contributed by atoms with Gasteiger partial charge in [0, 0.05) is 5.56 Å². The van der Waals surface area contributed by atoms with E-state index in [1.54, 1.807) is 4.80 Å². The highest BCUT2D eigenvalue weighted by Crippen LogP contribution is 2.19. The normalized spacial score (nSPS) is 11.2. The lowest BCUT2D eigenvalue weighted by molar-refractivity contribution is -0.117. The molecular weight excluding hydrogens is 433 g/mol. The Morgan fingerprint density at radius 2 is 1.79 bits per heavy atom. The van der Waals surface area contributed by atoms with Gasteiger partial charge < -0.3 is 5.32 Å². The smallest absolute Gasteiger partial charge is 0.238 e. The fraction of sp³-hybridized carbons (Fsp3) is 0.391. The van der Waals surface area contributed by atoms with Crippen LogP contribution in [0, 0.1) is 17.5 Å². The largest absolute Gasteiger partial charge is 0.322 e. The van der Waals surface area contributed by atoms with Crippen molar-refractivity contribution in [3.05, 3.63) is 59.9 Å². The highest BCUT2D eigenvalue weighted by atomic mass is 19.2. The van der Waals surface area contributed by atoms with Crippen LogP contribution in [0.4, 0.5) is 18.9 Å². The minimum atomic E-state index is -1.60. The van der Waals surface area contributed by atoms with E-state index < -0.39 is 23.4 Å². The molecule has 0 fully saturated rings. The molecule has 3 rings (SSSR count). The average Bonchev–Trinajstić information content (AvgIpc) is 3.29. The number of nitrogens with zero attached hydrogens (tertiary/aromatic N) is 5. The van der Waals surface area contributed by atoms with Crippen molar-refractivity contribution < 1.29 is 18.0 Å². The summed E-state index contributed by atoms with van der Waals surface area (Å²) < 4.78 is 40.2. The minimum absolute atomic E-state index is 0.0390. The highest BCUT2D eigenvalue weighted by molar-refractivity contribution is 5.92. The van der Waals surface area contributed by atoms with Crippen molar-refractivity contribution in [2.24, 2.45) is 0 Å². The Balaban J connectivity index is 1.41. The lowest BCUT2D eigenvalue weighted by atomic mass is 10.2. The van der Waals surface area contributed by atoms with Crippen LogP contribution in [0.15, 0.2) is 42.5 Å². The molecule has 0 saturated carbocycles. The van der Waals surface area contributed by atoms with Crippen LogP contribution in [0.25, 0.3) is 11.4 Å². The van der Waals surface area contributed by atoms with Crippen LogP contribution < -0.4 is 5.32 Å². The van der Waals surface area contributed by atoms with E-state index in [4.69, 9.17) is 0 Å². The topological polar surface area (TPSA) is 75.9 Å². The molecule has 10 heteroatoms. The molecule has 7 nitrogen and oxygen atoms in total. The first-order valence-corrected chi connectivity index (χ1v) is 11.0. The van der Waals surface area contributed by atoms with Gasteiger partial charge in [0.05, 0.1) is 18.8 Å². The second-order valence-electron chi connectivity index (χ2n) is 7.68. The maximum Gasteiger partial charge on any atom is 0.238 e. The van der Waals surface area contributed by atoms with Crippen molar-refractivity contribution in [2.45, 2.75) is 39.2 Å². The van der Waals surface area contributed by atoms with Gasteiger partial charge in [-0.25, -0.2) is 13.2 Å². The fourth-order valence-electron chi connectivity index (χ4n) is 3.41. The summed E-state index contributed by atoms with van der Waals surface area (Å²) in [7, 11) is 0. The average molecular weight is 461 g/mol. The molecule has 176 valence electrons. The zero-order valence-electron chi connectivity index (χ0n) is 18.5. The number of benzene rings is 2. The third kappa shape index (κ3) is 7.11. The van der Waals surface area contributed by atoms with Gasteiger partial charge in [0.1, 0.15) is 0 Å². The van der Waals surface area contributed by atoms with E-state index in [0.29, 0.717) is 25.5 Å². The summed E-state index contributed by atoms with van der Waals surface area (Å²) in [6, 6.07) is 11.4. The number of nitrogens with one attached hydrogen (secondary N) is 1. The second kappa shape index (κ2) is 12.1. The van der Waals surface area contributed by atoms with Crippen LogP contribution in [0.5, 0.6) is 0 Å². The third-order valence-electron chi connectivity index (χ3n) is 5.03. The summed E-state index contributed by atoms with van der Waals surface area (Å²) >= 11 is 0. The van der Waals surface area contributed by atoms with Gasteiger partial charge in [-0.3, -0.25) is 9.69 Å². The van der Waals surface area contributed by atoms with Crippen LogP contribution in [0.2, 0.25) is 0 Å². The molecule has 0 saturated heterocycles. The Morgan fingerprint density at radius 3 is 2.55 bits per heavy atom. The number of anilines is 1. The van der Waals surface area contributed by atoms with Crippen molar-refractivity contribution in [1.29, 1.82) is 0 Å². The minimum Gasteiger partial charge on any atom is -0.322 e. The molecule has 0 atom stereocenters. The van der Waals surface area contributed by atoms with E-state index in [-0.39, 0.29) is 12.2 Å². The molecule has 0 bridgehead atoms. The van der Waals surface area contributed by atoms with Gasteiger partial charge in [-0.2, -0.15) is 4.80 Å². The molecule has 1 aromatic heterocycles. The Kier molecular flexibility index (Phi) is 8.94. The van der Waals surface area contributed by atoms with Crippen molar-refractivity contribution in [1.82, 2.24) is 25.1 Å². The van der Waals surface area contributed by atoms with Crippen LogP contribution in [-0.4, -0.2) is 50.6 Å². The van der Waals surface area contributed by atoms with Crippen molar-refractivity contribution >= 4 is 11.6 Å². The standard InChI is InChI=1S/C23H27F3N6O/c1-2-13-31(16-20(33)27-19-12-11-18(24)21(25)22(19)26)14-7-4-8-15-32-29-23(28-30-32)17-9-5-3-6-10-17/h3,5-6,9-12H,2,4,7-8,13-16H2,1H3,(H,27,33). The zero-order chi connectivity index (χ0) is 23.6.